The molecule has 1 atom stereocenters. The summed E-state index contributed by atoms with van der Waals surface area (Å²) in [4.78, 5) is 13.8. The Bertz CT molecular complexity index is 200. The topological polar surface area (TPSA) is 32.3 Å². The Kier molecular flexibility index (Phi) is 6.46. The van der Waals surface area contributed by atoms with E-state index in [0.717, 1.165) is 32.5 Å². The summed E-state index contributed by atoms with van der Waals surface area (Å²) in [7, 11) is 1.94. The minimum Gasteiger partial charge on any atom is -0.346 e. The Morgan fingerprint density at radius 2 is 2.25 bits per heavy atom. The van der Waals surface area contributed by atoms with Crippen LogP contribution >= 0.6 is 0 Å². The lowest BCUT2D eigenvalue weighted by Gasteiger charge is -2.25. The van der Waals surface area contributed by atoms with Gasteiger partial charge in [-0.25, -0.2) is 0 Å². The van der Waals surface area contributed by atoms with Gasteiger partial charge in [0.05, 0.1) is 0 Å². The van der Waals surface area contributed by atoms with Crippen molar-refractivity contribution in [1.82, 2.24) is 10.2 Å². The van der Waals surface area contributed by atoms with Crippen LogP contribution in [-0.4, -0.2) is 37.5 Å². The molecule has 1 fully saturated rings. The maximum Gasteiger partial charge on any atom is 0.222 e. The molecule has 0 saturated carbocycles. The van der Waals surface area contributed by atoms with Crippen molar-refractivity contribution in [3.63, 3.8) is 0 Å². The predicted molar refractivity (Wildman–Crippen MR) is 67.4 cm³/mol. The molecule has 1 aliphatic rings. The standard InChI is InChI=1S/C13H26N2O/c1-3-4-5-9-15(2)13(16)10-12-7-6-8-14-11-12/h12,14H,3-11H2,1-2H3. The molecular formula is C13H26N2O. The molecule has 1 unspecified atom stereocenters. The highest BCUT2D eigenvalue weighted by molar-refractivity contribution is 5.76. The molecule has 0 aromatic carbocycles. The summed E-state index contributed by atoms with van der Waals surface area (Å²) in [5.41, 5.74) is 0. The number of nitrogens with one attached hydrogen (secondary N) is 1. The molecule has 0 bridgehead atoms. The largest absolute Gasteiger partial charge is 0.346 e. The molecule has 1 saturated heterocycles. The smallest absolute Gasteiger partial charge is 0.222 e. The third kappa shape index (κ3) is 4.97. The SMILES string of the molecule is CCCCCN(C)C(=O)CC1CCCNC1. The van der Waals surface area contributed by atoms with Crippen LogP contribution in [0.4, 0.5) is 0 Å². The van der Waals surface area contributed by atoms with E-state index in [1.807, 2.05) is 11.9 Å². The summed E-state index contributed by atoms with van der Waals surface area (Å²) >= 11 is 0. The molecule has 3 nitrogen and oxygen atoms in total. The fourth-order valence-corrected chi connectivity index (χ4v) is 2.22. The van der Waals surface area contributed by atoms with E-state index in [0.29, 0.717) is 11.8 Å². The van der Waals surface area contributed by atoms with Crippen molar-refractivity contribution in [2.45, 2.75) is 45.4 Å². The molecular weight excluding hydrogens is 200 g/mol. The van der Waals surface area contributed by atoms with Gasteiger partial charge in [0.1, 0.15) is 0 Å². The molecule has 94 valence electrons. The highest BCUT2D eigenvalue weighted by atomic mass is 16.2. The van der Waals surface area contributed by atoms with Gasteiger partial charge in [0.15, 0.2) is 0 Å². The third-order valence-electron chi connectivity index (χ3n) is 3.39. The Morgan fingerprint density at radius 1 is 1.44 bits per heavy atom. The summed E-state index contributed by atoms with van der Waals surface area (Å²) in [6.45, 7) is 5.26. The van der Waals surface area contributed by atoms with E-state index in [1.165, 1.54) is 25.7 Å². The number of carbonyl (C=O) groups excluding carboxylic acids is 1. The molecule has 1 heterocycles. The van der Waals surface area contributed by atoms with E-state index in [-0.39, 0.29) is 0 Å². The molecule has 0 aromatic heterocycles. The lowest BCUT2D eigenvalue weighted by molar-refractivity contribution is -0.131. The zero-order valence-corrected chi connectivity index (χ0v) is 10.8. The molecule has 1 amide bonds. The lowest BCUT2D eigenvalue weighted by Crippen LogP contribution is -2.35. The van der Waals surface area contributed by atoms with E-state index in [1.54, 1.807) is 0 Å². The van der Waals surface area contributed by atoms with Crippen molar-refractivity contribution in [3.8, 4) is 0 Å². The fourth-order valence-electron chi connectivity index (χ4n) is 2.22. The molecule has 0 radical (unpaired) electrons. The zero-order chi connectivity index (χ0) is 11.8. The van der Waals surface area contributed by atoms with Crippen LogP contribution < -0.4 is 5.32 Å². The van der Waals surface area contributed by atoms with Gasteiger partial charge in [-0.3, -0.25) is 4.79 Å². The van der Waals surface area contributed by atoms with Gasteiger partial charge in [-0.2, -0.15) is 0 Å². The van der Waals surface area contributed by atoms with Crippen molar-refractivity contribution in [1.29, 1.82) is 0 Å². The fraction of sp³-hybridized carbons (Fsp3) is 0.923. The normalized spacial score (nSPS) is 20.8. The lowest BCUT2D eigenvalue weighted by atomic mass is 9.95. The summed E-state index contributed by atoms with van der Waals surface area (Å²) in [5, 5.41) is 3.36. The maximum atomic E-state index is 11.9. The number of amides is 1. The summed E-state index contributed by atoms with van der Waals surface area (Å²) in [5.74, 6) is 0.889. The molecule has 1 N–H and O–H groups in total. The van der Waals surface area contributed by atoms with Gasteiger partial charge in [0.2, 0.25) is 5.91 Å². The Balaban J connectivity index is 2.16. The van der Waals surface area contributed by atoms with Crippen molar-refractivity contribution >= 4 is 5.91 Å². The monoisotopic (exact) mass is 226 g/mol. The first kappa shape index (κ1) is 13.5. The maximum absolute atomic E-state index is 11.9. The van der Waals surface area contributed by atoms with Gasteiger partial charge in [-0.05, 0) is 38.3 Å². The highest BCUT2D eigenvalue weighted by Crippen LogP contribution is 2.15. The van der Waals surface area contributed by atoms with Crippen LogP contribution in [0.25, 0.3) is 0 Å². The molecule has 0 aromatic rings. The number of hydrogen-bond acceptors (Lipinski definition) is 2. The minimum atomic E-state index is 0.324. The number of carbonyl (C=O) groups is 1. The number of unbranched alkanes of at least 4 members (excludes halogenated alkanes) is 2. The van der Waals surface area contributed by atoms with E-state index in [2.05, 4.69) is 12.2 Å². The van der Waals surface area contributed by atoms with E-state index < -0.39 is 0 Å². The molecule has 16 heavy (non-hydrogen) atoms. The zero-order valence-electron chi connectivity index (χ0n) is 10.8. The molecule has 1 aliphatic heterocycles. The van der Waals surface area contributed by atoms with Crippen molar-refractivity contribution in [2.75, 3.05) is 26.7 Å². The van der Waals surface area contributed by atoms with Crippen LogP contribution in [0.2, 0.25) is 0 Å². The minimum absolute atomic E-state index is 0.324. The van der Waals surface area contributed by atoms with Crippen molar-refractivity contribution < 1.29 is 4.79 Å². The van der Waals surface area contributed by atoms with E-state index in [9.17, 15) is 4.79 Å². The highest BCUT2D eigenvalue weighted by Gasteiger charge is 2.18. The van der Waals surface area contributed by atoms with Crippen LogP contribution in [0.3, 0.4) is 0 Å². The van der Waals surface area contributed by atoms with Crippen molar-refractivity contribution in [3.05, 3.63) is 0 Å². The first-order valence-corrected chi connectivity index (χ1v) is 6.68. The van der Waals surface area contributed by atoms with E-state index in [4.69, 9.17) is 0 Å². The second kappa shape index (κ2) is 7.66. The van der Waals surface area contributed by atoms with Crippen molar-refractivity contribution in [2.24, 2.45) is 5.92 Å². The molecule has 1 rings (SSSR count). The number of piperidine rings is 1. The predicted octanol–water partition coefficient (Wildman–Crippen LogP) is 2.02. The van der Waals surface area contributed by atoms with E-state index >= 15 is 0 Å². The first-order valence-electron chi connectivity index (χ1n) is 6.68. The number of hydrogen-bond donors (Lipinski definition) is 1. The summed E-state index contributed by atoms with van der Waals surface area (Å²) < 4.78 is 0. The average Bonchev–Trinajstić information content (AvgIpc) is 2.30. The van der Waals surface area contributed by atoms with Crippen LogP contribution in [-0.2, 0) is 4.79 Å². The summed E-state index contributed by atoms with van der Waals surface area (Å²) in [6, 6.07) is 0. The Morgan fingerprint density at radius 3 is 2.88 bits per heavy atom. The Hall–Kier alpha value is -0.570. The van der Waals surface area contributed by atoms with Gasteiger partial charge in [0.25, 0.3) is 0 Å². The number of nitrogens with zero attached hydrogens (tertiary/aromatic N) is 1. The third-order valence-corrected chi connectivity index (χ3v) is 3.39. The van der Waals surface area contributed by atoms with Gasteiger partial charge in [0, 0.05) is 20.0 Å². The molecule has 0 aliphatic carbocycles. The summed E-state index contributed by atoms with van der Waals surface area (Å²) in [6.07, 6.45) is 6.74. The van der Waals surface area contributed by atoms with Gasteiger partial charge in [-0.15, -0.1) is 0 Å². The quantitative estimate of drug-likeness (QED) is 0.703. The second-order valence-corrected chi connectivity index (χ2v) is 4.94. The van der Waals surface area contributed by atoms with Gasteiger partial charge in [-0.1, -0.05) is 19.8 Å². The Labute approximate surface area is 99.6 Å². The van der Waals surface area contributed by atoms with Crippen LogP contribution in [0, 0.1) is 5.92 Å². The van der Waals surface area contributed by atoms with Gasteiger partial charge >= 0.3 is 0 Å². The molecule has 0 spiro atoms. The van der Waals surface area contributed by atoms with Gasteiger partial charge < -0.3 is 10.2 Å². The number of rotatable bonds is 6. The second-order valence-electron chi connectivity index (χ2n) is 4.94. The average molecular weight is 226 g/mol. The van der Waals surface area contributed by atoms with Crippen LogP contribution in [0.15, 0.2) is 0 Å². The first-order chi connectivity index (χ1) is 7.74. The van der Waals surface area contributed by atoms with Crippen LogP contribution in [0.5, 0.6) is 0 Å². The molecule has 3 heteroatoms. The van der Waals surface area contributed by atoms with Crippen LogP contribution in [0.1, 0.15) is 45.4 Å².